The number of nitrogens with zero attached hydrogens (tertiary/aromatic N) is 4. The number of nitrogens with one attached hydrogen (secondary N) is 1. The number of rotatable bonds is 5. The summed E-state index contributed by atoms with van der Waals surface area (Å²) >= 11 is 1.10. The molecule has 0 atom stereocenters. The van der Waals surface area contributed by atoms with Crippen molar-refractivity contribution in [2.24, 2.45) is 0 Å². The zero-order valence-corrected chi connectivity index (χ0v) is 15.9. The van der Waals surface area contributed by atoms with Crippen molar-refractivity contribution < 1.29 is 4.79 Å². The lowest BCUT2D eigenvalue weighted by Gasteiger charge is -2.11. The molecule has 0 saturated heterocycles. The number of aromatic nitrogens is 4. The highest BCUT2D eigenvalue weighted by molar-refractivity contribution is 7.13. The van der Waals surface area contributed by atoms with Gasteiger partial charge in [-0.15, -0.1) is 0 Å². The van der Waals surface area contributed by atoms with Crippen LogP contribution in [0.3, 0.4) is 0 Å². The molecule has 0 aliphatic rings. The highest BCUT2D eigenvalue weighted by Crippen LogP contribution is 2.27. The Morgan fingerprint density at radius 2 is 1.89 bits per heavy atom. The average Bonchev–Trinajstić information content (AvgIpc) is 3.15. The van der Waals surface area contributed by atoms with Gasteiger partial charge in [0.2, 0.25) is 5.91 Å². The number of para-hydroxylation sites is 1. The topological polar surface area (TPSA) is 89.8 Å². The minimum atomic E-state index is -0.275. The SMILES string of the molecule is CCc1nc2c(-c3ccncc3)nsc2c(=O)n1CC(=O)Nc1ccccc1. The van der Waals surface area contributed by atoms with E-state index in [0.717, 1.165) is 17.1 Å². The van der Waals surface area contributed by atoms with Gasteiger partial charge >= 0.3 is 0 Å². The maximum atomic E-state index is 13.0. The molecule has 3 heterocycles. The maximum absolute atomic E-state index is 13.0. The average molecular weight is 391 g/mol. The number of carbonyl (C=O) groups excluding carboxylic acids is 1. The van der Waals surface area contributed by atoms with Gasteiger partial charge in [-0.05, 0) is 35.8 Å². The summed E-state index contributed by atoms with van der Waals surface area (Å²) in [7, 11) is 0. The molecule has 0 aliphatic heterocycles. The van der Waals surface area contributed by atoms with Crippen LogP contribution in [0.4, 0.5) is 5.69 Å². The van der Waals surface area contributed by atoms with Crippen LogP contribution in [-0.2, 0) is 17.8 Å². The second-order valence-electron chi connectivity index (χ2n) is 6.13. The molecule has 1 aromatic carbocycles. The van der Waals surface area contributed by atoms with Crippen molar-refractivity contribution in [2.75, 3.05) is 5.32 Å². The first kappa shape index (κ1) is 18.0. The van der Waals surface area contributed by atoms with Crippen molar-refractivity contribution >= 4 is 33.3 Å². The summed E-state index contributed by atoms with van der Waals surface area (Å²) in [5, 5.41) is 2.80. The van der Waals surface area contributed by atoms with E-state index in [1.165, 1.54) is 4.57 Å². The van der Waals surface area contributed by atoms with Crippen molar-refractivity contribution in [3.63, 3.8) is 0 Å². The van der Waals surface area contributed by atoms with E-state index in [-0.39, 0.29) is 18.0 Å². The maximum Gasteiger partial charge on any atom is 0.273 e. The number of aryl methyl sites for hydroxylation is 1. The molecule has 0 saturated carbocycles. The molecule has 4 aromatic rings. The van der Waals surface area contributed by atoms with Gasteiger partial charge in [0.15, 0.2) is 0 Å². The third kappa shape index (κ3) is 3.41. The Morgan fingerprint density at radius 1 is 1.14 bits per heavy atom. The van der Waals surface area contributed by atoms with Crippen LogP contribution in [0.1, 0.15) is 12.7 Å². The molecule has 0 aliphatic carbocycles. The second kappa shape index (κ2) is 7.69. The molecular formula is C20H17N5O2S. The molecule has 1 amide bonds. The molecule has 8 heteroatoms. The van der Waals surface area contributed by atoms with E-state index >= 15 is 0 Å². The van der Waals surface area contributed by atoms with Crippen molar-refractivity contribution in [1.82, 2.24) is 18.9 Å². The van der Waals surface area contributed by atoms with Crippen LogP contribution >= 0.6 is 11.5 Å². The Hall–Kier alpha value is -3.39. The van der Waals surface area contributed by atoms with E-state index in [1.807, 2.05) is 37.3 Å². The number of carbonyl (C=O) groups is 1. The van der Waals surface area contributed by atoms with Crippen LogP contribution in [0, 0.1) is 0 Å². The monoisotopic (exact) mass is 391 g/mol. The van der Waals surface area contributed by atoms with Gasteiger partial charge in [0.1, 0.15) is 28.3 Å². The van der Waals surface area contributed by atoms with E-state index in [9.17, 15) is 9.59 Å². The Balaban J connectivity index is 1.72. The van der Waals surface area contributed by atoms with Crippen LogP contribution in [-0.4, -0.2) is 24.8 Å². The lowest BCUT2D eigenvalue weighted by atomic mass is 10.2. The molecule has 0 radical (unpaired) electrons. The van der Waals surface area contributed by atoms with Crippen LogP contribution in [0.5, 0.6) is 0 Å². The lowest BCUT2D eigenvalue weighted by molar-refractivity contribution is -0.116. The number of hydrogen-bond acceptors (Lipinski definition) is 6. The molecule has 4 rings (SSSR count). The molecule has 1 N–H and O–H groups in total. The quantitative estimate of drug-likeness (QED) is 0.565. The molecule has 140 valence electrons. The lowest BCUT2D eigenvalue weighted by Crippen LogP contribution is -2.30. The predicted molar refractivity (Wildman–Crippen MR) is 109 cm³/mol. The zero-order valence-electron chi connectivity index (χ0n) is 15.1. The summed E-state index contributed by atoms with van der Waals surface area (Å²) in [5.41, 5.74) is 2.52. The third-order valence-electron chi connectivity index (χ3n) is 4.29. The number of benzene rings is 1. The first-order valence-electron chi connectivity index (χ1n) is 8.81. The van der Waals surface area contributed by atoms with Gasteiger partial charge in [-0.3, -0.25) is 19.1 Å². The van der Waals surface area contributed by atoms with E-state index in [0.29, 0.717) is 33.8 Å². The van der Waals surface area contributed by atoms with E-state index in [2.05, 4.69) is 19.7 Å². The molecule has 0 unspecified atom stereocenters. The van der Waals surface area contributed by atoms with Crippen molar-refractivity contribution in [1.29, 1.82) is 0 Å². The summed E-state index contributed by atoms with van der Waals surface area (Å²) < 4.78 is 6.29. The second-order valence-corrected chi connectivity index (χ2v) is 6.91. The van der Waals surface area contributed by atoms with Gasteiger partial charge < -0.3 is 5.32 Å². The van der Waals surface area contributed by atoms with E-state index in [4.69, 9.17) is 0 Å². The highest BCUT2D eigenvalue weighted by Gasteiger charge is 2.18. The number of hydrogen-bond donors (Lipinski definition) is 1. The molecule has 3 aromatic heterocycles. The van der Waals surface area contributed by atoms with Crippen molar-refractivity contribution in [3.05, 3.63) is 71.0 Å². The van der Waals surface area contributed by atoms with Gasteiger partial charge in [-0.2, -0.15) is 4.37 Å². The van der Waals surface area contributed by atoms with Crippen LogP contribution < -0.4 is 10.9 Å². The Kier molecular flexibility index (Phi) is 4.94. The van der Waals surface area contributed by atoms with Crippen LogP contribution in [0.15, 0.2) is 59.7 Å². The van der Waals surface area contributed by atoms with Gasteiger partial charge in [-0.1, -0.05) is 25.1 Å². The van der Waals surface area contributed by atoms with Gasteiger partial charge in [0.05, 0.1) is 0 Å². The summed E-state index contributed by atoms with van der Waals surface area (Å²) in [5.74, 6) is 0.277. The fourth-order valence-electron chi connectivity index (χ4n) is 2.96. The normalized spacial score (nSPS) is 10.9. The summed E-state index contributed by atoms with van der Waals surface area (Å²) in [6.07, 6.45) is 3.88. The Bertz CT molecular complexity index is 1190. The molecule has 0 bridgehead atoms. The first-order valence-corrected chi connectivity index (χ1v) is 9.59. The standard InChI is InChI=1S/C20H17N5O2S/c1-2-15-23-18-17(13-8-10-21-11-9-13)24-28-19(18)20(27)25(15)12-16(26)22-14-6-4-3-5-7-14/h3-11H,2,12H2,1H3,(H,22,26). The van der Waals surface area contributed by atoms with Crippen LogP contribution in [0.2, 0.25) is 0 Å². The van der Waals surface area contributed by atoms with Crippen LogP contribution in [0.25, 0.3) is 21.5 Å². The van der Waals surface area contributed by atoms with Gasteiger partial charge in [-0.25, -0.2) is 4.98 Å². The number of anilines is 1. The number of fused-ring (bicyclic) bond motifs is 1. The minimum Gasteiger partial charge on any atom is -0.325 e. The largest absolute Gasteiger partial charge is 0.325 e. The third-order valence-corrected chi connectivity index (χ3v) is 5.11. The summed E-state index contributed by atoms with van der Waals surface area (Å²) in [6, 6.07) is 12.8. The first-order chi connectivity index (χ1) is 13.7. The predicted octanol–water partition coefficient (Wildman–Crippen LogP) is 3.12. The molecule has 28 heavy (non-hydrogen) atoms. The van der Waals surface area contributed by atoms with E-state index < -0.39 is 0 Å². The molecule has 0 spiro atoms. The minimum absolute atomic E-state index is 0.0949. The summed E-state index contributed by atoms with van der Waals surface area (Å²) in [4.78, 5) is 34.2. The Labute approximate surface area is 164 Å². The molecule has 7 nitrogen and oxygen atoms in total. The zero-order chi connectivity index (χ0) is 19.5. The Morgan fingerprint density at radius 3 is 2.61 bits per heavy atom. The van der Waals surface area contributed by atoms with E-state index in [1.54, 1.807) is 24.5 Å². The number of pyridine rings is 1. The fraction of sp³-hybridized carbons (Fsp3) is 0.150. The van der Waals surface area contributed by atoms with Gasteiger partial charge in [0, 0.05) is 30.1 Å². The molecular weight excluding hydrogens is 374 g/mol. The summed E-state index contributed by atoms with van der Waals surface area (Å²) in [6.45, 7) is 1.81. The molecule has 0 fully saturated rings. The number of amides is 1. The fourth-order valence-corrected chi connectivity index (χ4v) is 3.75. The van der Waals surface area contributed by atoms with Gasteiger partial charge in [0.25, 0.3) is 5.56 Å². The van der Waals surface area contributed by atoms with Crippen molar-refractivity contribution in [2.45, 2.75) is 19.9 Å². The van der Waals surface area contributed by atoms with Crippen molar-refractivity contribution in [3.8, 4) is 11.3 Å². The smallest absolute Gasteiger partial charge is 0.273 e. The highest BCUT2D eigenvalue weighted by atomic mass is 32.1.